The number of quaternary nitrogens is 1. The zero-order chi connectivity index (χ0) is 26.7. The molecular weight excluding hydrogens is 491 g/mol. The number of piperidine rings is 1. The Kier molecular flexibility index (Phi) is 7.77. The summed E-state index contributed by atoms with van der Waals surface area (Å²) in [5.74, 6) is -3.06. The minimum Gasteiger partial charge on any atom is -0.507 e. The molecule has 0 aliphatic carbocycles. The standard InChI is InChI=1S/C27H28F3NO6/c1-3-13-35-26(34)17-6-8-18(9-7-17)36-24-22(33)19-10-11-21(32)20(15-31-12-4-5-16(2)14-31)23(19)37-25(24)27(28,29)30/h6-11,16,32H,3-5,12-15H2,1-2H3/p+1/t16-/m1/s1. The van der Waals surface area contributed by atoms with E-state index in [1.165, 1.54) is 36.4 Å². The van der Waals surface area contributed by atoms with Crippen LogP contribution >= 0.6 is 0 Å². The van der Waals surface area contributed by atoms with Crippen LogP contribution in [0.2, 0.25) is 0 Å². The summed E-state index contributed by atoms with van der Waals surface area (Å²) in [7, 11) is 0. The van der Waals surface area contributed by atoms with Crippen LogP contribution in [0.4, 0.5) is 13.2 Å². The number of hydrogen-bond donors (Lipinski definition) is 2. The fourth-order valence-electron chi connectivity index (χ4n) is 4.60. The second-order valence-corrected chi connectivity index (χ2v) is 9.42. The summed E-state index contributed by atoms with van der Waals surface area (Å²) in [5, 5.41) is 10.4. The van der Waals surface area contributed by atoms with Crippen LogP contribution in [-0.2, 0) is 17.5 Å². The lowest BCUT2D eigenvalue weighted by Gasteiger charge is -2.28. The van der Waals surface area contributed by atoms with Gasteiger partial charge < -0.3 is 23.9 Å². The number of rotatable bonds is 7. The van der Waals surface area contributed by atoms with Gasteiger partial charge >= 0.3 is 12.1 Å². The van der Waals surface area contributed by atoms with E-state index in [-0.39, 0.29) is 46.7 Å². The van der Waals surface area contributed by atoms with Crippen molar-refractivity contribution in [2.75, 3.05) is 19.7 Å². The molecule has 7 nitrogen and oxygen atoms in total. The number of phenolic OH excluding ortho intramolecular Hbond substituents is 1. The van der Waals surface area contributed by atoms with Crippen molar-refractivity contribution in [1.82, 2.24) is 0 Å². The summed E-state index contributed by atoms with van der Waals surface area (Å²) in [6.07, 6.45) is -2.36. The monoisotopic (exact) mass is 520 g/mol. The zero-order valence-electron chi connectivity index (χ0n) is 20.6. The van der Waals surface area contributed by atoms with Gasteiger partial charge in [-0.3, -0.25) is 4.79 Å². The molecule has 2 N–H and O–H groups in total. The van der Waals surface area contributed by atoms with Gasteiger partial charge in [0.15, 0.2) is 5.58 Å². The second-order valence-electron chi connectivity index (χ2n) is 9.42. The highest BCUT2D eigenvalue weighted by Gasteiger charge is 2.41. The predicted octanol–water partition coefficient (Wildman–Crippen LogP) is 4.69. The number of phenols is 1. The molecule has 198 valence electrons. The Morgan fingerprint density at radius 3 is 2.57 bits per heavy atom. The van der Waals surface area contributed by atoms with Gasteiger partial charge in [0.25, 0.3) is 5.76 Å². The Bertz CT molecular complexity index is 1330. The number of halogens is 3. The van der Waals surface area contributed by atoms with E-state index < -0.39 is 29.1 Å². The molecule has 1 saturated heterocycles. The molecule has 2 atom stereocenters. The van der Waals surface area contributed by atoms with Gasteiger partial charge in [0, 0.05) is 5.92 Å². The van der Waals surface area contributed by atoms with E-state index in [0.717, 1.165) is 30.8 Å². The molecule has 1 aliphatic rings. The Morgan fingerprint density at radius 2 is 1.92 bits per heavy atom. The van der Waals surface area contributed by atoms with Crippen molar-refractivity contribution in [3.63, 3.8) is 0 Å². The zero-order valence-corrected chi connectivity index (χ0v) is 20.6. The Morgan fingerprint density at radius 1 is 1.19 bits per heavy atom. The number of carbonyl (C=O) groups excluding carboxylic acids is 1. The average molecular weight is 521 g/mol. The number of fused-ring (bicyclic) bond motifs is 1. The van der Waals surface area contributed by atoms with Gasteiger partial charge in [-0.25, -0.2) is 4.79 Å². The molecule has 0 radical (unpaired) electrons. The van der Waals surface area contributed by atoms with Crippen LogP contribution in [-0.4, -0.2) is 30.8 Å². The lowest BCUT2D eigenvalue weighted by Crippen LogP contribution is -3.12. The van der Waals surface area contributed by atoms with Crippen LogP contribution in [0.3, 0.4) is 0 Å². The van der Waals surface area contributed by atoms with E-state index in [0.29, 0.717) is 12.3 Å². The largest absolute Gasteiger partial charge is 0.507 e. The van der Waals surface area contributed by atoms with Crippen LogP contribution in [0.1, 0.15) is 54.8 Å². The summed E-state index contributed by atoms with van der Waals surface area (Å²) in [4.78, 5) is 26.3. The third-order valence-electron chi connectivity index (χ3n) is 6.39. The van der Waals surface area contributed by atoms with Crippen molar-refractivity contribution in [2.24, 2.45) is 5.92 Å². The van der Waals surface area contributed by atoms with Crippen LogP contribution in [0, 0.1) is 5.92 Å². The van der Waals surface area contributed by atoms with Gasteiger partial charge in [-0.1, -0.05) is 13.8 Å². The normalized spacial score (nSPS) is 18.1. The van der Waals surface area contributed by atoms with E-state index in [1.807, 2.05) is 6.92 Å². The van der Waals surface area contributed by atoms with Crippen LogP contribution < -0.4 is 15.1 Å². The number of aromatic hydroxyl groups is 1. The number of likely N-dealkylation sites (tertiary alicyclic amines) is 1. The third kappa shape index (κ3) is 5.90. The quantitative estimate of drug-likeness (QED) is 0.440. The molecule has 0 spiro atoms. The molecule has 0 bridgehead atoms. The molecule has 1 fully saturated rings. The van der Waals surface area contributed by atoms with Gasteiger partial charge in [-0.2, -0.15) is 13.2 Å². The van der Waals surface area contributed by atoms with Crippen LogP contribution in [0.15, 0.2) is 45.6 Å². The molecule has 10 heteroatoms. The maximum absolute atomic E-state index is 14.0. The molecule has 0 amide bonds. The number of hydrogen-bond acceptors (Lipinski definition) is 6. The highest BCUT2D eigenvalue weighted by molar-refractivity contribution is 5.89. The fraction of sp³-hybridized carbons (Fsp3) is 0.407. The molecule has 3 aromatic rings. The summed E-state index contributed by atoms with van der Waals surface area (Å²) in [6.45, 7) is 6.02. The number of ether oxygens (including phenoxy) is 2. The smallest absolute Gasteiger partial charge is 0.453 e. The van der Waals surface area contributed by atoms with E-state index in [1.54, 1.807) is 0 Å². The van der Waals surface area contributed by atoms with Crippen molar-refractivity contribution in [3.05, 3.63) is 63.5 Å². The van der Waals surface area contributed by atoms with Crippen molar-refractivity contribution in [1.29, 1.82) is 0 Å². The number of alkyl halides is 3. The minimum absolute atomic E-state index is 0.0880. The fourth-order valence-corrected chi connectivity index (χ4v) is 4.60. The van der Waals surface area contributed by atoms with E-state index in [4.69, 9.17) is 13.9 Å². The highest BCUT2D eigenvalue weighted by Crippen LogP contribution is 2.39. The molecule has 2 aromatic carbocycles. The van der Waals surface area contributed by atoms with E-state index >= 15 is 0 Å². The van der Waals surface area contributed by atoms with Crippen molar-refractivity contribution >= 4 is 16.9 Å². The van der Waals surface area contributed by atoms with E-state index in [9.17, 15) is 27.9 Å². The number of benzene rings is 2. The molecule has 1 unspecified atom stereocenters. The summed E-state index contributed by atoms with van der Waals surface area (Å²) in [5.41, 5.74) is -0.963. The van der Waals surface area contributed by atoms with E-state index in [2.05, 4.69) is 6.92 Å². The van der Waals surface area contributed by atoms with Gasteiger partial charge in [0.05, 0.1) is 36.2 Å². The van der Waals surface area contributed by atoms with Gasteiger partial charge in [-0.05, 0) is 55.7 Å². The maximum Gasteiger partial charge on any atom is 0.453 e. The molecule has 1 aliphatic heterocycles. The highest BCUT2D eigenvalue weighted by atomic mass is 19.4. The molecular formula is C27H29F3NO6+. The lowest BCUT2D eigenvalue weighted by molar-refractivity contribution is -0.922. The minimum atomic E-state index is -5.04. The second kappa shape index (κ2) is 10.8. The number of nitrogens with one attached hydrogen (secondary N) is 1. The Labute approximate surface area is 211 Å². The first kappa shape index (κ1) is 26.5. The van der Waals surface area contributed by atoms with Crippen molar-refractivity contribution < 1.29 is 41.9 Å². The third-order valence-corrected chi connectivity index (χ3v) is 6.39. The van der Waals surface area contributed by atoms with Crippen molar-refractivity contribution in [2.45, 2.75) is 45.8 Å². The van der Waals surface area contributed by atoms with Crippen LogP contribution in [0.25, 0.3) is 11.0 Å². The van der Waals surface area contributed by atoms with Gasteiger partial charge in [0.2, 0.25) is 11.2 Å². The predicted molar refractivity (Wildman–Crippen MR) is 129 cm³/mol. The molecule has 0 saturated carbocycles. The first-order valence-corrected chi connectivity index (χ1v) is 12.3. The molecule has 2 heterocycles. The SMILES string of the molecule is CCCOC(=O)c1ccc(Oc2c(C(F)(F)F)oc3c(C[NH+]4CCC[C@@H](C)C4)c(O)ccc3c2=O)cc1. The Hall–Kier alpha value is -3.53. The molecule has 4 rings (SSSR count). The van der Waals surface area contributed by atoms with Gasteiger partial charge in [-0.15, -0.1) is 0 Å². The first-order chi connectivity index (χ1) is 17.6. The number of esters is 1. The lowest BCUT2D eigenvalue weighted by atomic mass is 9.99. The van der Waals surface area contributed by atoms with Crippen molar-refractivity contribution in [3.8, 4) is 17.2 Å². The summed E-state index contributed by atoms with van der Waals surface area (Å²) in [6, 6.07) is 7.73. The summed E-state index contributed by atoms with van der Waals surface area (Å²) < 4.78 is 57.9. The van der Waals surface area contributed by atoms with Crippen LogP contribution in [0.5, 0.6) is 17.2 Å². The Balaban J connectivity index is 1.74. The molecule has 37 heavy (non-hydrogen) atoms. The van der Waals surface area contributed by atoms with Gasteiger partial charge in [0.1, 0.15) is 18.0 Å². The average Bonchev–Trinajstić information content (AvgIpc) is 2.85. The number of carbonyl (C=O) groups is 1. The summed E-state index contributed by atoms with van der Waals surface area (Å²) >= 11 is 0. The molecule has 1 aromatic heterocycles. The maximum atomic E-state index is 14.0. The first-order valence-electron chi connectivity index (χ1n) is 12.3. The topological polar surface area (TPSA) is 90.4 Å².